The number of hydrogen-bond acceptors (Lipinski definition) is 3. The SMILES string of the molecule is CCCCCNc1cncc(Cl)n1. The van der Waals surface area contributed by atoms with Crippen LogP contribution >= 0.6 is 11.6 Å². The summed E-state index contributed by atoms with van der Waals surface area (Å²) < 4.78 is 0. The topological polar surface area (TPSA) is 37.8 Å². The molecule has 13 heavy (non-hydrogen) atoms. The summed E-state index contributed by atoms with van der Waals surface area (Å²) in [5, 5.41) is 3.59. The number of halogens is 1. The van der Waals surface area contributed by atoms with E-state index in [1.807, 2.05) is 0 Å². The molecule has 0 atom stereocenters. The van der Waals surface area contributed by atoms with Gasteiger partial charge in [-0.15, -0.1) is 0 Å². The van der Waals surface area contributed by atoms with Gasteiger partial charge in [0.15, 0.2) is 0 Å². The Kier molecular flexibility index (Phi) is 4.54. The van der Waals surface area contributed by atoms with E-state index in [1.165, 1.54) is 19.0 Å². The van der Waals surface area contributed by atoms with Crippen LogP contribution in [0, 0.1) is 0 Å². The van der Waals surface area contributed by atoms with Gasteiger partial charge in [0.1, 0.15) is 11.0 Å². The van der Waals surface area contributed by atoms with Gasteiger partial charge < -0.3 is 5.32 Å². The summed E-state index contributed by atoms with van der Waals surface area (Å²) in [7, 11) is 0. The van der Waals surface area contributed by atoms with Gasteiger partial charge in [-0.05, 0) is 6.42 Å². The molecule has 3 nitrogen and oxygen atoms in total. The van der Waals surface area contributed by atoms with E-state index in [4.69, 9.17) is 11.6 Å². The Morgan fingerprint density at radius 3 is 2.92 bits per heavy atom. The molecule has 0 fully saturated rings. The Balaban J connectivity index is 2.28. The molecule has 0 spiro atoms. The molecule has 72 valence electrons. The zero-order valence-corrected chi connectivity index (χ0v) is 8.51. The largest absolute Gasteiger partial charge is 0.369 e. The molecule has 1 aromatic heterocycles. The second-order valence-electron chi connectivity index (χ2n) is 2.86. The maximum absolute atomic E-state index is 5.67. The van der Waals surface area contributed by atoms with E-state index in [0.29, 0.717) is 5.15 Å². The van der Waals surface area contributed by atoms with Gasteiger partial charge in [-0.1, -0.05) is 31.4 Å². The van der Waals surface area contributed by atoms with Crippen molar-refractivity contribution < 1.29 is 0 Å². The van der Waals surface area contributed by atoms with Gasteiger partial charge in [0.2, 0.25) is 0 Å². The molecule has 0 saturated heterocycles. The third kappa shape index (κ3) is 4.08. The van der Waals surface area contributed by atoms with Crippen molar-refractivity contribution in [3.05, 3.63) is 17.5 Å². The zero-order chi connectivity index (χ0) is 9.52. The Bertz CT molecular complexity index is 252. The molecule has 0 saturated carbocycles. The standard InChI is InChI=1S/C9H14ClN3/c1-2-3-4-5-12-9-7-11-6-8(10)13-9/h6-7H,2-5H2,1H3,(H,12,13). The van der Waals surface area contributed by atoms with Crippen molar-refractivity contribution in [2.75, 3.05) is 11.9 Å². The molecule has 4 heteroatoms. The minimum absolute atomic E-state index is 0.431. The number of anilines is 1. The first-order valence-corrected chi connectivity index (χ1v) is 4.92. The first-order valence-electron chi connectivity index (χ1n) is 4.54. The molecule has 1 aromatic rings. The molecule has 0 amide bonds. The van der Waals surface area contributed by atoms with Gasteiger partial charge in [-0.25, -0.2) is 4.98 Å². The van der Waals surface area contributed by atoms with Crippen LogP contribution in [0.15, 0.2) is 12.4 Å². The molecule has 0 aromatic carbocycles. The normalized spacial score (nSPS) is 10.0. The van der Waals surface area contributed by atoms with Gasteiger partial charge >= 0.3 is 0 Å². The number of rotatable bonds is 5. The molecule has 0 aliphatic rings. The van der Waals surface area contributed by atoms with E-state index < -0.39 is 0 Å². The first-order chi connectivity index (χ1) is 6.33. The maximum atomic E-state index is 5.67. The van der Waals surface area contributed by atoms with Crippen molar-refractivity contribution in [2.45, 2.75) is 26.2 Å². The summed E-state index contributed by atoms with van der Waals surface area (Å²) >= 11 is 5.67. The molecule has 0 radical (unpaired) electrons. The monoisotopic (exact) mass is 199 g/mol. The number of hydrogen-bond donors (Lipinski definition) is 1. The lowest BCUT2D eigenvalue weighted by Gasteiger charge is -2.03. The van der Waals surface area contributed by atoms with Gasteiger partial charge in [0.05, 0.1) is 12.4 Å². The van der Waals surface area contributed by atoms with Gasteiger partial charge in [0, 0.05) is 6.54 Å². The van der Waals surface area contributed by atoms with Crippen molar-refractivity contribution in [1.82, 2.24) is 9.97 Å². The van der Waals surface area contributed by atoms with Crippen molar-refractivity contribution in [3.63, 3.8) is 0 Å². The second-order valence-corrected chi connectivity index (χ2v) is 3.25. The molecular weight excluding hydrogens is 186 g/mol. The third-order valence-electron chi connectivity index (χ3n) is 1.69. The lowest BCUT2D eigenvalue weighted by atomic mass is 10.2. The van der Waals surface area contributed by atoms with Crippen LogP contribution in [0.4, 0.5) is 5.82 Å². The zero-order valence-electron chi connectivity index (χ0n) is 7.76. The summed E-state index contributed by atoms with van der Waals surface area (Å²) in [6.07, 6.45) is 6.82. The highest BCUT2D eigenvalue weighted by Crippen LogP contribution is 2.06. The quantitative estimate of drug-likeness (QED) is 0.742. The van der Waals surface area contributed by atoms with Crippen LogP contribution in [0.25, 0.3) is 0 Å². The van der Waals surface area contributed by atoms with Crippen molar-refractivity contribution in [3.8, 4) is 0 Å². The predicted molar refractivity (Wildman–Crippen MR) is 55.1 cm³/mol. The van der Waals surface area contributed by atoms with E-state index in [-0.39, 0.29) is 0 Å². The highest BCUT2D eigenvalue weighted by molar-refractivity contribution is 6.29. The fraction of sp³-hybridized carbons (Fsp3) is 0.556. The average Bonchev–Trinajstić information content (AvgIpc) is 2.13. The fourth-order valence-corrected chi connectivity index (χ4v) is 1.17. The van der Waals surface area contributed by atoms with Crippen LogP contribution in [-0.4, -0.2) is 16.5 Å². The third-order valence-corrected chi connectivity index (χ3v) is 1.87. The minimum Gasteiger partial charge on any atom is -0.369 e. The Morgan fingerprint density at radius 2 is 2.23 bits per heavy atom. The fourth-order valence-electron chi connectivity index (χ4n) is 1.02. The Morgan fingerprint density at radius 1 is 1.38 bits per heavy atom. The molecule has 1 N–H and O–H groups in total. The molecule has 0 bridgehead atoms. The van der Waals surface area contributed by atoms with Crippen LogP contribution in [0.5, 0.6) is 0 Å². The van der Waals surface area contributed by atoms with Gasteiger partial charge in [-0.3, -0.25) is 4.98 Å². The summed E-state index contributed by atoms with van der Waals surface area (Å²) in [6, 6.07) is 0. The van der Waals surface area contributed by atoms with Crippen molar-refractivity contribution >= 4 is 17.4 Å². The van der Waals surface area contributed by atoms with E-state index in [0.717, 1.165) is 18.8 Å². The van der Waals surface area contributed by atoms with Crippen molar-refractivity contribution in [2.24, 2.45) is 0 Å². The van der Waals surface area contributed by atoms with Crippen LogP contribution < -0.4 is 5.32 Å². The maximum Gasteiger partial charge on any atom is 0.149 e. The smallest absolute Gasteiger partial charge is 0.149 e. The van der Waals surface area contributed by atoms with E-state index >= 15 is 0 Å². The van der Waals surface area contributed by atoms with Gasteiger partial charge in [0.25, 0.3) is 0 Å². The molecule has 0 unspecified atom stereocenters. The summed E-state index contributed by atoms with van der Waals surface area (Å²) in [5.41, 5.74) is 0. The molecule has 1 heterocycles. The Hall–Kier alpha value is -0.830. The minimum atomic E-state index is 0.431. The van der Waals surface area contributed by atoms with E-state index in [2.05, 4.69) is 22.2 Å². The number of nitrogens with zero attached hydrogens (tertiary/aromatic N) is 2. The first kappa shape index (κ1) is 10.3. The lowest BCUT2D eigenvalue weighted by Crippen LogP contribution is -2.03. The molecular formula is C9H14ClN3. The number of unbranched alkanes of at least 4 members (excludes halogenated alkanes) is 2. The predicted octanol–water partition coefficient (Wildman–Crippen LogP) is 2.73. The van der Waals surface area contributed by atoms with E-state index in [9.17, 15) is 0 Å². The van der Waals surface area contributed by atoms with Crippen molar-refractivity contribution in [1.29, 1.82) is 0 Å². The highest BCUT2D eigenvalue weighted by atomic mass is 35.5. The summed E-state index contributed by atoms with van der Waals surface area (Å²) in [4.78, 5) is 7.99. The summed E-state index contributed by atoms with van der Waals surface area (Å²) in [6.45, 7) is 3.11. The molecule has 1 rings (SSSR count). The van der Waals surface area contributed by atoms with E-state index in [1.54, 1.807) is 6.20 Å². The lowest BCUT2D eigenvalue weighted by molar-refractivity contribution is 0.742. The van der Waals surface area contributed by atoms with Crippen LogP contribution in [0.2, 0.25) is 5.15 Å². The molecule has 0 aliphatic carbocycles. The summed E-state index contributed by atoms with van der Waals surface area (Å²) in [5.74, 6) is 0.753. The number of nitrogens with one attached hydrogen (secondary N) is 1. The van der Waals surface area contributed by atoms with Crippen LogP contribution in [-0.2, 0) is 0 Å². The molecule has 0 aliphatic heterocycles. The highest BCUT2D eigenvalue weighted by Gasteiger charge is 1.94. The number of aromatic nitrogens is 2. The van der Waals surface area contributed by atoms with Crippen LogP contribution in [0.3, 0.4) is 0 Å². The van der Waals surface area contributed by atoms with Crippen LogP contribution in [0.1, 0.15) is 26.2 Å². The van der Waals surface area contributed by atoms with Gasteiger partial charge in [-0.2, -0.15) is 0 Å². The second kappa shape index (κ2) is 5.75. The Labute approximate surface area is 83.5 Å². The average molecular weight is 200 g/mol.